The summed E-state index contributed by atoms with van der Waals surface area (Å²) < 4.78 is 52.0. The third-order valence-electron chi connectivity index (χ3n) is 2.97. The van der Waals surface area contributed by atoms with E-state index in [0.29, 0.717) is 6.61 Å². The summed E-state index contributed by atoms with van der Waals surface area (Å²) >= 11 is 0. The van der Waals surface area contributed by atoms with Crippen molar-refractivity contribution in [3.8, 4) is 0 Å². The molecule has 1 heterocycles. The Bertz CT molecular complexity index is 542. The molecule has 118 valence electrons. The van der Waals surface area contributed by atoms with E-state index in [4.69, 9.17) is 4.74 Å². The Morgan fingerprint density at radius 3 is 2.55 bits per heavy atom. The van der Waals surface area contributed by atoms with Crippen LogP contribution < -0.4 is 5.32 Å². The zero-order valence-electron chi connectivity index (χ0n) is 11.5. The molecule has 0 bridgehead atoms. The summed E-state index contributed by atoms with van der Waals surface area (Å²) in [6.07, 6.45) is 1.20. The lowest BCUT2D eigenvalue weighted by Gasteiger charge is -2.24. The van der Waals surface area contributed by atoms with Crippen LogP contribution in [-0.2, 0) is 29.4 Å². The highest BCUT2D eigenvalue weighted by Crippen LogP contribution is 2.19. The van der Waals surface area contributed by atoms with Crippen LogP contribution in [0.1, 0.15) is 6.42 Å². The van der Waals surface area contributed by atoms with Gasteiger partial charge in [0, 0.05) is 19.7 Å². The van der Waals surface area contributed by atoms with E-state index >= 15 is 0 Å². The van der Waals surface area contributed by atoms with Crippen molar-refractivity contribution in [2.45, 2.75) is 12.5 Å². The van der Waals surface area contributed by atoms with Crippen LogP contribution in [0.2, 0.25) is 0 Å². The highest BCUT2D eigenvalue weighted by Gasteiger charge is 2.37. The molecule has 1 aliphatic rings. The Hall–Kier alpha value is -0.710. The molecule has 1 saturated heterocycles. The number of hydrogen-bond donors (Lipinski definition) is 1. The average Bonchev–Trinajstić information content (AvgIpc) is 2.65. The molecule has 0 aliphatic carbocycles. The molecular formula is C10H20N2O6S2. The van der Waals surface area contributed by atoms with E-state index in [1.165, 1.54) is 7.11 Å². The van der Waals surface area contributed by atoms with E-state index in [9.17, 15) is 21.6 Å². The molecule has 0 aromatic carbocycles. The molecule has 1 rings (SSSR count). The molecule has 10 heteroatoms. The number of sulfone groups is 1. The molecule has 0 aromatic heterocycles. The van der Waals surface area contributed by atoms with E-state index in [0.717, 1.165) is 10.6 Å². The highest BCUT2D eigenvalue weighted by atomic mass is 32.2. The van der Waals surface area contributed by atoms with Gasteiger partial charge in [-0.3, -0.25) is 4.79 Å². The van der Waals surface area contributed by atoms with Gasteiger partial charge in [0.05, 0.1) is 30.9 Å². The van der Waals surface area contributed by atoms with Crippen LogP contribution in [-0.4, -0.2) is 77.7 Å². The Kier molecular flexibility index (Phi) is 5.92. The molecule has 0 saturated carbocycles. The number of nitrogens with zero attached hydrogens (tertiary/aromatic N) is 1. The number of nitrogens with one attached hydrogen (secondary N) is 1. The van der Waals surface area contributed by atoms with Gasteiger partial charge in [0.1, 0.15) is 0 Å². The minimum Gasteiger partial charge on any atom is -0.383 e. The predicted octanol–water partition coefficient (Wildman–Crippen LogP) is -1.80. The summed E-state index contributed by atoms with van der Waals surface area (Å²) in [6.45, 7) is 0.223. The number of methoxy groups -OCH3 is 1. The normalized spacial score (nSPS) is 22.1. The van der Waals surface area contributed by atoms with Crippen LogP contribution in [0.4, 0.5) is 0 Å². The van der Waals surface area contributed by atoms with Crippen molar-refractivity contribution in [2.75, 3.05) is 44.6 Å². The molecule has 1 N–H and O–H groups in total. The molecular weight excluding hydrogens is 308 g/mol. The van der Waals surface area contributed by atoms with Crippen LogP contribution in [0.15, 0.2) is 0 Å². The quantitative estimate of drug-likeness (QED) is 0.552. The third kappa shape index (κ3) is 5.35. The predicted molar refractivity (Wildman–Crippen MR) is 73.5 cm³/mol. The van der Waals surface area contributed by atoms with Gasteiger partial charge < -0.3 is 10.1 Å². The number of rotatable bonds is 7. The molecule has 8 nitrogen and oxygen atoms in total. The summed E-state index contributed by atoms with van der Waals surface area (Å²) in [7, 11) is -5.38. The van der Waals surface area contributed by atoms with E-state index in [1.54, 1.807) is 0 Å². The smallest absolute Gasteiger partial charge is 0.235 e. The van der Waals surface area contributed by atoms with E-state index in [-0.39, 0.29) is 31.0 Å². The lowest BCUT2D eigenvalue weighted by molar-refractivity contribution is -0.121. The van der Waals surface area contributed by atoms with Gasteiger partial charge in [-0.25, -0.2) is 16.8 Å². The number of ether oxygens (including phenoxy) is 1. The minimum absolute atomic E-state index is 0.0466. The molecule has 0 spiro atoms. The lowest BCUT2D eigenvalue weighted by atomic mass is 10.2. The Labute approximate surface area is 119 Å². The van der Waals surface area contributed by atoms with Gasteiger partial charge in [0.2, 0.25) is 15.9 Å². The van der Waals surface area contributed by atoms with Gasteiger partial charge in [0.15, 0.2) is 9.84 Å². The minimum atomic E-state index is -3.65. The van der Waals surface area contributed by atoms with Crippen LogP contribution in [0, 0.1) is 0 Å². The maximum Gasteiger partial charge on any atom is 0.235 e. The average molecular weight is 328 g/mol. The van der Waals surface area contributed by atoms with Crippen LogP contribution in [0.25, 0.3) is 0 Å². The summed E-state index contributed by atoms with van der Waals surface area (Å²) in [4.78, 5) is 11.7. The van der Waals surface area contributed by atoms with Crippen molar-refractivity contribution >= 4 is 25.8 Å². The molecule has 1 aliphatic heterocycles. The number of sulfonamides is 1. The van der Waals surface area contributed by atoms with E-state index < -0.39 is 31.8 Å². The van der Waals surface area contributed by atoms with Crippen LogP contribution in [0.3, 0.4) is 0 Å². The largest absolute Gasteiger partial charge is 0.383 e. The molecule has 20 heavy (non-hydrogen) atoms. The SMILES string of the molecule is COCCNC(=O)CN(C1CCS(=O)(=O)C1)S(C)(=O)=O. The van der Waals surface area contributed by atoms with E-state index in [2.05, 4.69) is 5.32 Å². The first-order valence-corrected chi connectivity index (χ1v) is 9.75. The van der Waals surface area contributed by atoms with E-state index in [1.807, 2.05) is 0 Å². The second-order valence-corrected chi connectivity index (χ2v) is 8.87. The second kappa shape index (κ2) is 6.83. The topological polar surface area (TPSA) is 110 Å². The fourth-order valence-corrected chi connectivity index (χ4v) is 4.91. The maximum atomic E-state index is 11.7. The number of amides is 1. The first-order valence-electron chi connectivity index (χ1n) is 6.08. The molecule has 1 fully saturated rings. The number of hydrogen-bond acceptors (Lipinski definition) is 6. The molecule has 1 atom stereocenters. The first-order chi connectivity index (χ1) is 9.15. The maximum absolute atomic E-state index is 11.7. The molecule has 0 radical (unpaired) electrons. The summed E-state index contributed by atoms with van der Waals surface area (Å²) in [5.41, 5.74) is 0. The number of carbonyl (C=O) groups is 1. The number of carbonyl (C=O) groups excluding carboxylic acids is 1. The molecule has 0 aromatic rings. The fraction of sp³-hybridized carbons (Fsp3) is 0.900. The van der Waals surface area contributed by atoms with Crippen molar-refractivity contribution in [1.29, 1.82) is 0 Å². The van der Waals surface area contributed by atoms with Gasteiger partial charge in [-0.1, -0.05) is 0 Å². The van der Waals surface area contributed by atoms with Crippen molar-refractivity contribution in [1.82, 2.24) is 9.62 Å². The standard InChI is InChI=1S/C10H20N2O6S2/c1-18-5-4-11-10(13)7-12(19(2,14)15)9-3-6-20(16,17)8-9/h9H,3-8H2,1-2H3,(H,11,13). The summed E-state index contributed by atoms with van der Waals surface area (Å²) in [5, 5.41) is 2.51. The fourth-order valence-electron chi connectivity index (χ4n) is 2.01. The zero-order valence-corrected chi connectivity index (χ0v) is 13.2. The summed E-state index contributed by atoms with van der Waals surface area (Å²) in [5.74, 6) is -0.753. The van der Waals surface area contributed by atoms with Gasteiger partial charge in [-0.2, -0.15) is 4.31 Å². The lowest BCUT2D eigenvalue weighted by Crippen LogP contribution is -2.46. The second-order valence-electron chi connectivity index (χ2n) is 4.71. The van der Waals surface area contributed by atoms with Crippen LogP contribution in [0.5, 0.6) is 0 Å². The van der Waals surface area contributed by atoms with Crippen molar-refractivity contribution in [3.05, 3.63) is 0 Å². The zero-order chi connectivity index (χ0) is 15.4. The monoisotopic (exact) mass is 328 g/mol. The Morgan fingerprint density at radius 2 is 2.10 bits per heavy atom. The van der Waals surface area contributed by atoms with Crippen molar-refractivity contribution < 1.29 is 26.4 Å². The van der Waals surface area contributed by atoms with Crippen molar-refractivity contribution in [2.24, 2.45) is 0 Å². The van der Waals surface area contributed by atoms with Gasteiger partial charge in [-0.05, 0) is 6.42 Å². The molecule has 1 unspecified atom stereocenters. The third-order valence-corrected chi connectivity index (χ3v) is 6.00. The Morgan fingerprint density at radius 1 is 1.45 bits per heavy atom. The van der Waals surface area contributed by atoms with Gasteiger partial charge in [-0.15, -0.1) is 0 Å². The molecule has 1 amide bonds. The van der Waals surface area contributed by atoms with Gasteiger partial charge >= 0.3 is 0 Å². The highest BCUT2D eigenvalue weighted by molar-refractivity contribution is 7.92. The first kappa shape index (κ1) is 17.3. The van der Waals surface area contributed by atoms with Crippen molar-refractivity contribution in [3.63, 3.8) is 0 Å². The van der Waals surface area contributed by atoms with Gasteiger partial charge in [0.25, 0.3) is 0 Å². The summed E-state index contributed by atoms with van der Waals surface area (Å²) in [6, 6.07) is -0.664. The van der Waals surface area contributed by atoms with Crippen LogP contribution >= 0.6 is 0 Å². The Balaban J connectivity index is 2.70.